The molecule has 3 fully saturated rings. The van der Waals surface area contributed by atoms with E-state index in [-0.39, 0.29) is 11.4 Å². The van der Waals surface area contributed by atoms with Gasteiger partial charge in [-0.2, -0.15) is 13.2 Å². The first kappa shape index (κ1) is 20.8. The average Bonchev–Trinajstić information content (AvgIpc) is 3.12. The predicted molar refractivity (Wildman–Crippen MR) is 119 cm³/mol. The average molecular weight is 439 g/mol. The molecule has 1 amide bonds. The number of benzene rings is 2. The standard InChI is InChI=1S/C25H24F3N3O/c26-25(27,28)20-8-5-19-11-21(13-29-23(19)12-20)30-24(32)18-6-9-22(10-7-18)31-14-16-1-2-17(15-31)4-3-16/h5-13,16-17H,1-4,14-15H2,(H,30,32). The first-order valence-corrected chi connectivity index (χ1v) is 11.0. The Hall–Kier alpha value is -3.09. The third kappa shape index (κ3) is 4.29. The smallest absolute Gasteiger partial charge is 0.371 e. The van der Waals surface area contributed by atoms with Crippen LogP contribution in [0.2, 0.25) is 0 Å². The second kappa shape index (κ2) is 8.11. The zero-order chi connectivity index (χ0) is 22.3. The molecule has 0 unspecified atom stereocenters. The Bertz CT molecular complexity index is 1120. The lowest BCUT2D eigenvalue weighted by Gasteiger charge is -2.25. The molecule has 2 aliphatic heterocycles. The summed E-state index contributed by atoms with van der Waals surface area (Å²) >= 11 is 0. The third-order valence-electron chi connectivity index (χ3n) is 6.69. The van der Waals surface area contributed by atoms with Crippen molar-refractivity contribution in [1.29, 1.82) is 0 Å². The minimum atomic E-state index is -4.41. The molecule has 6 rings (SSSR count). The summed E-state index contributed by atoms with van der Waals surface area (Å²) in [6.07, 6.45) is 2.24. The van der Waals surface area contributed by atoms with Crippen molar-refractivity contribution < 1.29 is 18.0 Å². The number of nitrogens with zero attached hydrogens (tertiary/aromatic N) is 2. The molecule has 2 saturated heterocycles. The summed E-state index contributed by atoms with van der Waals surface area (Å²) in [6, 6.07) is 12.7. The van der Waals surface area contributed by atoms with Crippen molar-refractivity contribution in [3.63, 3.8) is 0 Å². The van der Waals surface area contributed by atoms with E-state index in [0.717, 1.165) is 42.7 Å². The van der Waals surface area contributed by atoms with Gasteiger partial charge in [-0.3, -0.25) is 9.78 Å². The predicted octanol–water partition coefficient (Wildman–Crippen LogP) is 6.13. The van der Waals surface area contributed by atoms with Gasteiger partial charge in [0, 0.05) is 29.7 Å². The van der Waals surface area contributed by atoms with Crippen LogP contribution in [-0.2, 0) is 6.18 Å². The van der Waals surface area contributed by atoms with Crippen molar-refractivity contribution in [1.82, 2.24) is 4.98 Å². The monoisotopic (exact) mass is 439 g/mol. The summed E-state index contributed by atoms with van der Waals surface area (Å²) in [5, 5.41) is 3.32. The molecule has 32 heavy (non-hydrogen) atoms. The van der Waals surface area contributed by atoms with Gasteiger partial charge in [0.1, 0.15) is 0 Å². The molecule has 1 aromatic heterocycles. The molecule has 1 N–H and O–H groups in total. The van der Waals surface area contributed by atoms with Gasteiger partial charge < -0.3 is 10.2 Å². The number of fused-ring (bicyclic) bond motifs is 5. The van der Waals surface area contributed by atoms with E-state index in [4.69, 9.17) is 0 Å². The molecule has 0 spiro atoms. The summed E-state index contributed by atoms with van der Waals surface area (Å²) in [6.45, 7) is 2.17. The number of aromatic nitrogens is 1. The highest BCUT2D eigenvalue weighted by atomic mass is 19.4. The molecular weight excluding hydrogens is 415 g/mol. The van der Waals surface area contributed by atoms with E-state index in [2.05, 4.69) is 15.2 Å². The number of amides is 1. The van der Waals surface area contributed by atoms with Crippen LogP contribution < -0.4 is 10.2 Å². The molecule has 2 aromatic carbocycles. The lowest BCUT2D eigenvalue weighted by atomic mass is 9.84. The van der Waals surface area contributed by atoms with Crippen LogP contribution in [0.5, 0.6) is 0 Å². The first-order valence-electron chi connectivity index (χ1n) is 11.0. The van der Waals surface area contributed by atoms with Gasteiger partial charge in [0.15, 0.2) is 0 Å². The minimum Gasteiger partial charge on any atom is -0.371 e. The summed E-state index contributed by atoms with van der Waals surface area (Å²) in [5.41, 5.74) is 1.60. The van der Waals surface area contributed by atoms with E-state index in [1.165, 1.54) is 37.9 Å². The number of carbonyl (C=O) groups is 1. The SMILES string of the molecule is O=C(Nc1cnc2cc(C(F)(F)F)ccc2c1)c1ccc(N2CC3CCC(CC3)C2)cc1. The van der Waals surface area contributed by atoms with Crippen LogP contribution in [0.15, 0.2) is 54.7 Å². The van der Waals surface area contributed by atoms with Crippen molar-refractivity contribution in [2.75, 3.05) is 23.3 Å². The molecule has 2 bridgehead atoms. The maximum Gasteiger partial charge on any atom is 0.416 e. The van der Waals surface area contributed by atoms with Crippen LogP contribution in [0, 0.1) is 11.8 Å². The van der Waals surface area contributed by atoms with Gasteiger partial charge in [-0.15, -0.1) is 0 Å². The number of carbonyl (C=O) groups excluding carboxylic acids is 1. The lowest BCUT2D eigenvalue weighted by Crippen LogP contribution is -2.28. The molecule has 4 nitrogen and oxygen atoms in total. The minimum absolute atomic E-state index is 0.230. The largest absolute Gasteiger partial charge is 0.416 e. The highest BCUT2D eigenvalue weighted by Crippen LogP contribution is 2.36. The Kier molecular flexibility index (Phi) is 5.27. The first-order chi connectivity index (χ1) is 15.3. The Morgan fingerprint density at radius 2 is 1.59 bits per heavy atom. The fourth-order valence-corrected chi connectivity index (χ4v) is 4.90. The summed E-state index contributed by atoms with van der Waals surface area (Å²) in [4.78, 5) is 19.2. The van der Waals surface area contributed by atoms with Crippen molar-refractivity contribution in [3.05, 3.63) is 65.9 Å². The van der Waals surface area contributed by atoms with Crippen LogP contribution in [-0.4, -0.2) is 24.0 Å². The lowest BCUT2D eigenvalue weighted by molar-refractivity contribution is -0.137. The summed E-state index contributed by atoms with van der Waals surface area (Å²) in [5.74, 6) is 1.26. The molecule has 0 atom stereocenters. The maximum atomic E-state index is 12.9. The van der Waals surface area contributed by atoms with E-state index in [9.17, 15) is 18.0 Å². The highest BCUT2D eigenvalue weighted by Gasteiger charge is 2.31. The van der Waals surface area contributed by atoms with Crippen LogP contribution in [0.4, 0.5) is 24.5 Å². The fraction of sp³-hybridized carbons (Fsp3) is 0.360. The molecule has 166 valence electrons. The van der Waals surface area contributed by atoms with Crippen LogP contribution >= 0.6 is 0 Å². The summed E-state index contributed by atoms with van der Waals surface area (Å²) < 4.78 is 38.6. The van der Waals surface area contributed by atoms with Crippen molar-refractivity contribution in [3.8, 4) is 0 Å². The topological polar surface area (TPSA) is 45.2 Å². The Morgan fingerprint density at radius 3 is 2.22 bits per heavy atom. The van der Waals surface area contributed by atoms with Gasteiger partial charge in [0.2, 0.25) is 0 Å². The number of halogens is 3. The van der Waals surface area contributed by atoms with Gasteiger partial charge in [-0.1, -0.05) is 6.07 Å². The van der Waals surface area contributed by atoms with Crippen molar-refractivity contribution >= 4 is 28.2 Å². The Labute approximate surface area is 184 Å². The number of nitrogens with one attached hydrogen (secondary N) is 1. The molecule has 0 radical (unpaired) electrons. The van der Waals surface area contributed by atoms with Crippen molar-refractivity contribution in [2.24, 2.45) is 11.8 Å². The van der Waals surface area contributed by atoms with Crippen molar-refractivity contribution in [2.45, 2.75) is 31.9 Å². The number of hydrogen-bond donors (Lipinski definition) is 1. The van der Waals surface area contributed by atoms with E-state index in [1.54, 1.807) is 6.07 Å². The van der Waals surface area contributed by atoms with Crippen LogP contribution in [0.1, 0.15) is 41.6 Å². The molecule has 1 saturated carbocycles. The van der Waals surface area contributed by atoms with Gasteiger partial charge >= 0.3 is 6.18 Å². The van der Waals surface area contributed by atoms with E-state index in [0.29, 0.717) is 16.6 Å². The zero-order valence-electron chi connectivity index (χ0n) is 17.5. The van der Waals surface area contributed by atoms with Crippen LogP contribution in [0.3, 0.4) is 0 Å². The number of pyridine rings is 1. The van der Waals surface area contributed by atoms with Gasteiger partial charge in [-0.05, 0) is 80.0 Å². The van der Waals surface area contributed by atoms with E-state index < -0.39 is 11.7 Å². The molecule has 3 aromatic rings. The van der Waals surface area contributed by atoms with Gasteiger partial charge in [-0.25, -0.2) is 0 Å². The molecular formula is C25H24F3N3O. The van der Waals surface area contributed by atoms with Crippen LogP contribution in [0.25, 0.3) is 10.9 Å². The van der Waals surface area contributed by atoms with Gasteiger partial charge in [0.25, 0.3) is 5.91 Å². The molecule has 7 heteroatoms. The fourth-order valence-electron chi connectivity index (χ4n) is 4.90. The molecule has 3 heterocycles. The number of alkyl halides is 3. The number of anilines is 2. The number of rotatable bonds is 3. The molecule has 1 aliphatic carbocycles. The Morgan fingerprint density at radius 1 is 0.938 bits per heavy atom. The Balaban J connectivity index is 1.29. The van der Waals surface area contributed by atoms with Gasteiger partial charge in [0.05, 0.1) is 23.0 Å². The second-order valence-corrected chi connectivity index (χ2v) is 8.92. The normalized spacial score (nSPS) is 20.9. The quantitative estimate of drug-likeness (QED) is 0.534. The third-order valence-corrected chi connectivity index (χ3v) is 6.69. The maximum absolute atomic E-state index is 12.9. The number of hydrogen-bond acceptors (Lipinski definition) is 3. The second-order valence-electron chi connectivity index (χ2n) is 8.92. The summed E-state index contributed by atoms with van der Waals surface area (Å²) in [7, 11) is 0. The highest BCUT2D eigenvalue weighted by molar-refractivity contribution is 6.05. The van der Waals surface area contributed by atoms with E-state index >= 15 is 0 Å². The van der Waals surface area contributed by atoms with E-state index in [1.807, 2.05) is 24.3 Å². The molecule has 3 aliphatic rings. The zero-order valence-corrected chi connectivity index (χ0v) is 17.5.